The smallest absolute Gasteiger partial charge is 0.229 e. The number of anilines is 2. The third kappa shape index (κ3) is 4.83. The molecule has 0 bridgehead atoms. The highest BCUT2D eigenvalue weighted by Crippen LogP contribution is 2.28. The van der Waals surface area contributed by atoms with Crippen molar-refractivity contribution in [3.8, 4) is 0 Å². The largest absolute Gasteiger partial charge is 0.344 e. The van der Waals surface area contributed by atoms with E-state index in [1.165, 1.54) is 0 Å². The molecular formula is C19H21N5O3S2. The third-order valence-electron chi connectivity index (χ3n) is 4.67. The summed E-state index contributed by atoms with van der Waals surface area (Å²) in [5.74, 6) is 0.0689. The lowest BCUT2D eigenvalue weighted by molar-refractivity contribution is -0.130. The van der Waals surface area contributed by atoms with Crippen LogP contribution in [0.3, 0.4) is 0 Å². The summed E-state index contributed by atoms with van der Waals surface area (Å²) in [7, 11) is -3.31. The van der Waals surface area contributed by atoms with Crippen molar-refractivity contribution in [3.05, 3.63) is 48.2 Å². The molecule has 152 valence electrons. The summed E-state index contributed by atoms with van der Waals surface area (Å²) in [5, 5.41) is 0.944. The van der Waals surface area contributed by atoms with E-state index in [1.54, 1.807) is 41.8 Å². The highest BCUT2D eigenvalue weighted by molar-refractivity contribution is 7.92. The summed E-state index contributed by atoms with van der Waals surface area (Å²) in [4.78, 5) is 25.6. The number of nitrogens with one attached hydrogen (secondary N) is 1. The van der Waals surface area contributed by atoms with Crippen LogP contribution >= 0.6 is 11.3 Å². The Bertz CT molecular complexity index is 1090. The van der Waals surface area contributed by atoms with Crippen molar-refractivity contribution < 1.29 is 13.2 Å². The van der Waals surface area contributed by atoms with Gasteiger partial charge >= 0.3 is 0 Å². The number of amides is 1. The summed E-state index contributed by atoms with van der Waals surface area (Å²) in [6.45, 7) is 2.78. The minimum Gasteiger partial charge on any atom is -0.344 e. The molecule has 1 fully saturated rings. The van der Waals surface area contributed by atoms with Gasteiger partial charge in [-0.15, -0.1) is 0 Å². The van der Waals surface area contributed by atoms with Gasteiger partial charge in [0.15, 0.2) is 10.8 Å². The van der Waals surface area contributed by atoms with E-state index < -0.39 is 10.0 Å². The number of pyridine rings is 1. The minimum absolute atomic E-state index is 0.0689. The van der Waals surface area contributed by atoms with Crippen LogP contribution in [0.4, 0.5) is 10.8 Å². The van der Waals surface area contributed by atoms with E-state index in [2.05, 4.69) is 19.6 Å². The molecule has 1 amide bonds. The Hall–Kier alpha value is -2.72. The van der Waals surface area contributed by atoms with Crippen LogP contribution in [-0.2, 0) is 21.2 Å². The summed E-state index contributed by atoms with van der Waals surface area (Å²) in [6, 6.07) is 10.8. The fourth-order valence-electron chi connectivity index (χ4n) is 3.23. The number of carbonyl (C=O) groups is 1. The monoisotopic (exact) mass is 431 g/mol. The lowest BCUT2D eigenvalue weighted by Crippen LogP contribution is -2.49. The first-order chi connectivity index (χ1) is 13.9. The molecule has 1 aliphatic rings. The van der Waals surface area contributed by atoms with Gasteiger partial charge in [-0.2, -0.15) is 4.98 Å². The Morgan fingerprint density at radius 1 is 1.14 bits per heavy atom. The van der Waals surface area contributed by atoms with Gasteiger partial charge in [-0.1, -0.05) is 23.5 Å². The zero-order valence-electron chi connectivity index (χ0n) is 15.9. The molecule has 4 rings (SSSR count). The first-order valence-electron chi connectivity index (χ1n) is 9.18. The van der Waals surface area contributed by atoms with Crippen LogP contribution in [0.15, 0.2) is 42.6 Å². The second-order valence-electron chi connectivity index (χ2n) is 6.94. The van der Waals surface area contributed by atoms with Crippen LogP contribution in [-0.4, -0.2) is 61.6 Å². The predicted octanol–water partition coefficient (Wildman–Crippen LogP) is 1.95. The Morgan fingerprint density at radius 3 is 2.52 bits per heavy atom. The summed E-state index contributed by atoms with van der Waals surface area (Å²) >= 11 is 1.62. The molecule has 1 N–H and O–H groups in total. The molecule has 1 saturated heterocycles. The Balaban J connectivity index is 1.33. The molecule has 0 spiro atoms. The number of sulfonamides is 1. The van der Waals surface area contributed by atoms with Crippen LogP contribution < -0.4 is 9.62 Å². The van der Waals surface area contributed by atoms with Crippen molar-refractivity contribution in [1.29, 1.82) is 0 Å². The standard InChI is InChI=1S/C19H21N5O3S2/c1-29(26,27)22-15-6-4-14(5-7-15)13-17(25)23-9-11-24(12-10-23)19-21-18-16(28-19)3-2-8-20-18/h2-8,22H,9-13H2,1H3. The molecule has 29 heavy (non-hydrogen) atoms. The number of benzene rings is 1. The van der Waals surface area contributed by atoms with Crippen LogP contribution in [0.1, 0.15) is 5.56 Å². The number of hydrogen-bond donors (Lipinski definition) is 1. The Kier molecular flexibility index (Phi) is 5.37. The molecule has 10 heteroatoms. The number of carbonyl (C=O) groups excluding carboxylic acids is 1. The number of piperazine rings is 1. The van der Waals surface area contributed by atoms with Gasteiger partial charge in [0.2, 0.25) is 15.9 Å². The predicted molar refractivity (Wildman–Crippen MR) is 115 cm³/mol. The molecule has 3 heterocycles. The van der Waals surface area contributed by atoms with Crippen molar-refractivity contribution in [2.24, 2.45) is 0 Å². The van der Waals surface area contributed by atoms with Gasteiger partial charge in [0, 0.05) is 38.1 Å². The highest BCUT2D eigenvalue weighted by Gasteiger charge is 2.23. The van der Waals surface area contributed by atoms with Gasteiger partial charge in [-0.05, 0) is 29.8 Å². The highest BCUT2D eigenvalue weighted by atomic mass is 32.2. The van der Waals surface area contributed by atoms with E-state index >= 15 is 0 Å². The first-order valence-corrected chi connectivity index (χ1v) is 11.9. The summed E-state index contributed by atoms with van der Waals surface area (Å²) in [6.07, 6.45) is 3.14. The van der Waals surface area contributed by atoms with Gasteiger partial charge < -0.3 is 9.80 Å². The number of fused-ring (bicyclic) bond motifs is 1. The van der Waals surface area contributed by atoms with Gasteiger partial charge in [0.05, 0.1) is 17.4 Å². The van der Waals surface area contributed by atoms with Crippen molar-refractivity contribution in [2.75, 3.05) is 42.1 Å². The number of nitrogens with zero attached hydrogens (tertiary/aromatic N) is 4. The third-order valence-corrected chi connectivity index (χ3v) is 6.35. The van der Waals surface area contributed by atoms with E-state index in [4.69, 9.17) is 0 Å². The average molecular weight is 432 g/mol. The molecule has 0 aliphatic carbocycles. The SMILES string of the molecule is CS(=O)(=O)Nc1ccc(CC(=O)N2CCN(c3nc4ncccc4s3)CC2)cc1. The fraction of sp³-hybridized carbons (Fsp3) is 0.316. The molecule has 0 atom stereocenters. The van der Waals surface area contributed by atoms with Crippen LogP contribution in [0.5, 0.6) is 0 Å². The molecular weight excluding hydrogens is 410 g/mol. The second-order valence-corrected chi connectivity index (χ2v) is 9.69. The quantitative estimate of drug-likeness (QED) is 0.664. The van der Waals surface area contributed by atoms with E-state index in [0.29, 0.717) is 25.2 Å². The Labute approximate surface area is 173 Å². The second kappa shape index (κ2) is 7.96. The fourth-order valence-corrected chi connectivity index (χ4v) is 4.77. The van der Waals surface area contributed by atoms with Gasteiger partial charge in [0.1, 0.15) is 0 Å². The minimum atomic E-state index is -3.31. The zero-order chi connectivity index (χ0) is 20.4. The molecule has 0 saturated carbocycles. The maximum atomic E-state index is 12.6. The molecule has 0 radical (unpaired) electrons. The van der Waals surface area contributed by atoms with Crippen molar-refractivity contribution >= 4 is 48.4 Å². The van der Waals surface area contributed by atoms with E-state index in [-0.39, 0.29) is 5.91 Å². The lowest BCUT2D eigenvalue weighted by Gasteiger charge is -2.34. The number of rotatable bonds is 5. The summed E-state index contributed by atoms with van der Waals surface area (Å²) < 4.78 is 26.0. The number of hydrogen-bond acceptors (Lipinski definition) is 7. The normalized spacial score (nSPS) is 14.9. The van der Waals surface area contributed by atoms with E-state index in [9.17, 15) is 13.2 Å². The van der Waals surface area contributed by atoms with Gasteiger partial charge in [-0.25, -0.2) is 13.4 Å². The molecule has 1 aromatic carbocycles. The van der Waals surface area contributed by atoms with E-state index in [1.807, 2.05) is 17.0 Å². The molecule has 1 aliphatic heterocycles. The van der Waals surface area contributed by atoms with E-state index in [0.717, 1.165) is 40.4 Å². The molecule has 0 unspecified atom stereocenters. The van der Waals surface area contributed by atoms with Crippen LogP contribution in [0, 0.1) is 0 Å². The first kappa shape index (κ1) is 19.6. The maximum Gasteiger partial charge on any atom is 0.229 e. The molecule has 8 nitrogen and oxygen atoms in total. The molecule has 2 aromatic heterocycles. The maximum absolute atomic E-state index is 12.6. The van der Waals surface area contributed by atoms with Gasteiger partial charge in [0.25, 0.3) is 0 Å². The van der Waals surface area contributed by atoms with Crippen molar-refractivity contribution in [1.82, 2.24) is 14.9 Å². The summed E-state index contributed by atoms with van der Waals surface area (Å²) in [5.41, 5.74) is 2.11. The van der Waals surface area contributed by atoms with Crippen LogP contribution in [0.25, 0.3) is 10.3 Å². The topological polar surface area (TPSA) is 95.5 Å². The number of aromatic nitrogens is 2. The van der Waals surface area contributed by atoms with Gasteiger partial charge in [-0.3, -0.25) is 9.52 Å². The average Bonchev–Trinajstić information content (AvgIpc) is 3.13. The lowest BCUT2D eigenvalue weighted by atomic mass is 10.1. The Morgan fingerprint density at radius 2 is 1.86 bits per heavy atom. The van der Waals surface area contributed by atoms with Crippen LogP contribution in [0.2, 0.25) is 0 Å². The zero-order valence-corrected chi connectivity index (χ0v) is 17.5. The molecule has 3 aromatic rings. The number of thiazole rings is 1. The van der Waals surface area contributed by atoms with Crippen molar-refractivity contribution in [3.63, 3.8) is 0 Å². The van der Waals surface area contributed by atoms with Crippen molar-refractivity contribution in [2.45, 2.75) is 6.42 Å².